The van der Waals surface area contributed by atoms with Crippen LogP contribution in [0.15, 0.2) is 42.5 Å². The Hall–Kier alpha value is -2.86. The van der Waals surface area contributed by atoms with Crippen molar-refractivity contribution in [2.45, 2.75) is 39.7 Å². The van der Waals surface area contributed by atoms with Crippen molar-refractivity contribution in [3.8, 4) is 5.75 Å². The van der Waals surface area contributed by atoms with E-state index in [0.29, 0.717) is 18.7 Å². The first-order valence-electron chi connectivity index (χ1n) is 9.81. The van der Waals surface area contributed by atoms with Crippen LogP contribution in [0.25, 0.3) is 0 Å². The number of benzene rings is 2. The fraction of sp³-hybridized carbons (Fsp3) is 0.391. The predicted octanol–water partition coefficient (Wildman–Crippen LogP) is 3.14. The lowest BCUT2D eigenvalue weighted by Gasteiger charge is -2.26. The van der Waals surface area contributed by atoms with Gasteiger partial charge >= 0.3 is 0 Å². The zero-order valence-electron chi connectivity index (χ0n) is 17.5. The molecule has 0 saturated carbocycles. The van der Waals surface area contributed by atoms with Crippen LogP contribution in [0, 0.1) is 5.41 Å². The van der Waals surface area contributed by atoms with Crippen molar-refractivity contribution in [3.63, 3.8) is 0 Å². The van der Waals surface area contributed by atoms with Crippen molar-refractivity contribution in [1.82, 2.24) is 0 Å². The molecule has 1 aliphatic rings. The molecular weight excluding hydrogens is 366 g/mol. The molecule has 3 rings (SSSR count). The summed E-state index contributed by atoms with van der Waals surface area (Å²) in [6.45, 7) is 6.42. The van der Waals surface area contributed by atoms with Crippen LogP contribution in [0.5, 0.6) is 5.75 Å². The first-order valence-corrected chi connectivity index (χ1v) is 9.81. The van der Waals surface area contributed by atoms with E-state index in [1.807, 2.05) is 63.2 Å². The number of methoxy groups -OCH3 is 1. The number of rotatable bonds is 5. The maximum atomic E-state index is 12.9. The molecule has 6 nitrogen and oxygen atoms in total. The summed E-state index contributed by atoms with van der Waals surface area (Å²) in [6, 6.07) is 12.6. The second kappa shape index (κ2) is 8.25. The smallest absolute Gasteiger partial charge is 0.241 e. The van der Waals surface area contributed by atoms with E-state index in [0.717, 1.165) is 29.0 Å². The lowest BCUT2D eigenvalue weighted by atomic mass is 9.87. The molecular formula is C23H29N3O3. The molecule has 0 unspecified atom stereocenters. The summed E-state index contributed by atoms with van der Waals surface area (Å²) in [5, 5.41) is 2.88. The van der Waals surface area contributed by atoms with E-state index in [1.54, 1.807) is 12.0 Å². The molecule has 1 atom stereocenters. The van der Waals surface area contributed by atoms with Gasteiger partial charge in [-0.25, -0.2) is 0 Å². The Balaban J connectivity index is 1.75. The molecule has 6 heteroatoms. The predicted molar refractivity (Wildman–Crippen MR) is 115 cm³/mol. The minimum atomic E-state index is -0.624. The highest BCUT2D eigenvalue weighted by atomic mass is 16.5. The monoisotopic (exact) mass is 395 g/mol. The highest BCUT2D eigenvalue weighted by molar-refractivity contribution is 5.99. The van der Waals surface area contributed by atoms with Crippen LogP contribution in [0.4, 0.5) is 11.4 Å². The molecule has 3 N–H and O–H groups in total. The molecule has 0 radical (unpaired) electrons. The van der Waals surface area contributed by atoms with Gasteiger partial charge in [0.05, 0.1) is 19.6 Å². The van der Waals surface area contributed by atoms with E-state index < -0.39 is 6.04 Å². The zero-order chi connectivity index (χ0) is 21.2. The van der Waals surface area contributed by atoms with Crippen LogP contribution in [-0.2, 0) is 22.4 Å². The quantitative estimate of drug-likeness (QED) is 0.815. The Morgan fingerprint density at radius 1 is 1.21 bits per heavy atom. The first kappa shape index (κ1) is 20.9. The van der Waals surface area contributed by atoms with E-state index in [-0.39, 0.29) is 17.2 Å². The number of hydrogen-bond acceptors (Lipinski definition) is 4. The molecule has 0 saturated heterocycles. The molecule has 0 fully saturated rings. The number of ether oxygens (including phenoxy) is 1. The van der Waals surface area contributed by atoms with E-state index in [4.69, 9.17) is 10.5 Å². The van der Waals surface area contributed by atoms with Gasteiger partial charge in [0.15, 0.2) is 0 Å². The number of carbonyl (C=O) groups excluding carboxylic acids is 2. The molecule has 2 amide bonds. The van der Waals surface area contributed by atoms with Gasteiger partial charge in [-0.1, -0.05) is 39.0 Å². The van der Waals surface area contributed by atoms with Crippen LogP contribution >= 0.6 is 0 Å². The Bertz CT molecular complexity index is 918. The third-order valence-corrected chi connectivity index (χ3v) is 5.25. The van der Waals surface area contributed by atoms with Gasteiger partial charge in [-0.05, 0) is 47.2 Å². The van der Waals surface area contributed by atoms with Crippen LogP contribution in [0.3, 0.4) is 0 Å². The van der Waals surface area contributed by atoms with Crippen molar-refractivity contribution < 1.29 is 14.3 Å². The van der Waals surface area contributed by atoms with Crippen LogP contribution in [0.1, 0.15) is 31.9 Å². The number of amides is 2. The van der Waals surface area contributed by atoms with Gasteiger partial charge < -0.3 is 20.7 Å². The minimum absolute atomic E-state index is 0.0203. The van der Waals surface area contributed by atoms with Gasteiger partial charge in [0.25, 0.3) is 0 Å². The lowest BCUT2D eigenvalue weighted by Crippen LogP contribution is -2.45. The number of hydrogen-bond donors (Lipinski definition) is 2. The van der Waals surface area contributed by atoms with E-state index in [1.165, 1.54) is 0 Å². The number of anilines is 2. The van der Waals surface area contributed by atoms with E-state index in [9.17, 15) is 9.59 Å². The second-order valence-electron chi connectivity index (χ2n) is 8.50. The van der Waals surface area contributed by atoms with Gasteiger partial charge in [0.1, 0.15) is 5.75 Å². The number of nitrogens with one attached hydrogen (secondary N) is 1. The number of nitrogens with zero attached hydrogens (tertiary/aromatic N) is 1. The number of carbonyl (C=O) groups is 2. The second-order valence-corrected chi connectivity index (χ2v) is 8.50. The Kier molecular flexibility index (Phi) is 5.94. The SMILES string of the molecule is COc1cccc(CC(=O)N2CCc3ccc(NC(=O)[C@@H](N)C(C)(C)C)cc32)c1. The van der Waals surface area contributed by atoms with Crippen LogP contribution < -0.4 is 20.7 Å². The number of fused-ring (bicyclic) bond motifs is 1. The third-order valence-electron chi connectivity index (χ3n) is 5.25. The summed E-state index contributed by atoms with van der Waals surface area (Å²) in [5.74, 6) is 0.522. The molecule has 2 aromatic rings. The van der Waals surface area contributed by atoms with Crippen LogP contribution in [-0.4, -0.2) is 31.5 Å². The molecule has 0 bridgehead atoms. The molecule has 154 valence electrons. The van der Waals surface area contributed by atoms with Crippen molar-refractivity contribution in [2.24, 2.45) is 11.1 Å². The molecule has 0 spiro atoms. The number of nitrogens with two attached hydrogens (primary N) is 1. The first-order chi connectivity index (χ1) is 13.7. The topological polar surface area (TPSA) is 84.7 Å². The largest absolute Gasteiger partial charge is 0.497 e. The molecule has 2 aromatic carbocycles. The Morgan fingerprint density at radius 3 is 2.66 bits per heavy atom. The summed E-state index contributed by atoms with van der Waals surface area (Å²) in [7, 11) is 1.61. The molecule has 29 heavy (non-hydrogen) atoms. The van der Waals surface area contributed by atoms with Crippen molar-refractivity contribution in [1.29, 1.82) is 0 Å². The average molecular weight is 396 g/mol. The van der Waals surface area contributed by atoms with Crippen LogP contribution in [0.2, 0.25) is 0 Å². The Labute approximate surface area is 172 Å². The Morgan fingerprint density at radius 2 is 1.97 bits per heavy atom. The summed E-state index contributed by atoms with van der Waals surface area (Å²) in [4.78, 5) is 27.2. The molecule has 1 heterocycles. The summed E-state index contributed by atoms with van der Waals surface area (Å²) in [5.41, 5.74) is 9.22. The van der Waals surface area contributed by atoms with Gasteiger partial charge in [0.2, 0.25) is 11.8 Å². The lowest BCUT2D eigenvalue weighted by molar-refractivity contribution is -0.119. The standard InChI is InChI=1S/C23H29N3O3/c1-23(2,3)21(24)22(28)25-17-9-8-16-10-11-26(19(16)14-17)20(27)13-15-6-5-7-18(12-15)29-4/h5-9,12,14,21H,10-11,13,24H2,1-4H3,(H,25,28)/t21-/m1/s1. The summed E-state index contributed by atoms with van der Waals surface area (Å²) >= 11 is 0. The zero-order valence-corrected chi connectivity index (χ0v) is 17.5. The summed E-state index contributed by atoms with van der Waals surface area (Å²) < 4.78 is 5.24. The average Bonchev–Trinajstić information content (AvgIpc) is 3.10. The van der Waals surface area contributed by atoms with Gasteiger partial charge in [-0.2, -0.15) is 0 Å². The van der Waals surface area contributed by atoms with E-state index in [2.05, 4.69) is 5.32 Å². The highest BCUT2D eigenvalue weighted by Crippen LogP contribution is 2.32. The maximum Gasteiger partial charge on any atom is 0.241 e. The van der Waals surface area contributed by atoms with Crippen molar-refractivity contribution >= 4 is 23.2 Å². The highest BCUT2D eigenvalue weighted by Gasteiger charge is 2.29. The maximum absolute atomic E-state index is 12.9. The summed E-state index contributed by atoms with van der Waals surface area (Å²) in [6.07, 6.45) is 1.09. The normalized spacial score (nSPS) is 14.3. The minimum Gasteiger partial charge on any atom is -0.497 e. The molecule has 0 aliphatic carbocycles. The van der Waals surface area contributed by atoms with Gasteiger partial charge in [-0.15, -0.1) is 0 Å². The fourth-order valence-corrected chi connectivity index (χ4v) is 3.38. The fourth-order valence-electron chi connectivity index (χ4n) is 3.38. The third kappa shape index (κ3) is 4.77. The van der Waals surface area contributed by atoms with E-state index >= 15 is 0 Å². The van der Waals surface area contributed by atoms with Crippen molar-refractivity contribution in [2.75, 3.05) is 23.9 Å². The molecule has 0 aromatic heterocycles. The van der Waals surface area contributed by atoms with Gasteiger partial charge in [0, 0.05) is 17.9 Å². The van der Waals surface area contributed by atoms with Gasteiger partial charge in [-0.3, -0.25) is 9.59 Å². The van der Waals surface area contributed by atoms with Crippen molar-refractivity contribution in [3.05, 3.63) is 53.6 Å². The molecule has 1 aliphatic heterocycles.